The Morgan fingerprint density at radius 3 is 2.21 bits per heavy atom. The third kappa shape index (κ3) is 7.47. The lowest BCUT2D eigenvalue weighted by Gasteiger charge is -2.10. The van der Waals surface area contributed by atoms with Crippen molar-refractivity contribution in [2.75, 3.05) is 43.0 Å². The van der Waals surface area contributed by atoms with Crippen molar-refractivity contribution in [2.24, 2.45) is 0 Å². The fourth-order valence-corrected chi connectivity index (χ4v) is 3.50. The highest BCUT2D eigenvalue weighted by Crippen LogP contribution is 2.24. The lowest BCUT2D eigenvalue weighted by atomic mass is 10.2. The first-order valence-corrected chi connectivity index (χ1v) is 11.4. The number of methoxy groups -OCH3 is 2. The second-order valence-corrected chi connectivity index (χ2v) is 7.96. The second kappa shape index (κ2) is 12.4. The zero-order valence-electron chi connectivity index (χ0n) is 18.5. The molecule has 0 fully saturated rings. The number of thioether (sulfide) groups is 1. The topological polar surface area (TPSA) is 85.9 Å². The highest BCUT2D eigenvalue weighted by Gasteiger charge is 2.10. The molecule has 0 atom stereocenters. The van der Waals surface area contributed by atoms with E-state index in [1.807, 2.05) is 36.4 Å². The van der Waals surface area contributed by atoms with Gasteiger partial charge in [0.25, 0.3) is 5.91 Å². The number of hydrogen-bond acceptors (Lipinski definition) is 6. The van der Waals surface area contributed by atoms with Crippen molar-refractivity contribution in [3.8, 4) is 17.2 Å². The van der Waals surface area contributed by atoms with Crippen molar-refractivity contribution in [1.82, 2.24) is 0 Å². The Balaban J connectivity index is 1.39. The molecule has 33 heavy (non-hydrogen) atoms. The number of nitrogens with one attached hydrogen (secondary N) is 2. The molecule has 0 heterocycles. The lowest BCUT2D eigenvalue weighted by molar-refractivity contribution is -0.113. The van der Waals surface area contributed by atoms with Gasteiger partial charge in [0.15, 0.2) is 0 Å². The number of carbonyl (C=O) groups excluding carboxylic acids is 2. The van der Waals surface area contributed by atoms with Gasteiger partial charge in [0.2, 0.25) is 5.91 Å². The molecular formula is C25H26N2O5S. The first kappa shape index (κ1) is 24.0. The number of ether oxygens (including phenoxy) is 3. The summed E-state index contributed by atoms with van der Waals surface area (Å²) in [5.41, 5.74) is 1.70. The summed E-state index contributed by atoms with van der Waals surface area (Å²) >= 11 is 1.48. The maximum Gasteiger partial charge on any atom is 0.255 e. The summed E-state index contributed by atoms with van der Waals surface area (Å²) in [6.45, 7) is 0.500. The summed E-state index contributed by atoms with van der Waals surface area (Å²) in [6, 6.07) is 21.3. The van der Waals surface area contributed by atoms with E-state index in [1.165, 1.54) is 11.8 Å². The number of para-hydroxylation sites is 2. The predicted molar refractivity (Wildman–Crippen MR) is 132 cm³/mol. The van der Waals surface area contributed by atoms with Crippen LogP contribution in [-0.4, -0.2) is 44.1 Å². The molecule has 0 spiro atoms. The van der Waals surface area contributed by atoms with Gasteiger partial charge in [0.1, 0.15) is 17.2 Å². The quantitative estimate of drug-likeness (QED) is 0.398. The van der Waals surface area contributed by atoms with E-state index in [4.69, 9.17) is 14.2 Å². The van der Waals surface area contributed by atoms with E-state index in [0.29, 0.717) is 40.8 Å². The van der Waals surface area contributed by atoms with E-state index in [-0.39, 0.29) is 11.8 Å². The smallest absolute Gasteiger partial charge is 0.255 e. The molecule has 2 amide bonds. The number of benzene rings is 3. The van der Waals surface area contributed by atoms with Gasteiger partial charge in [-0.15, -0.1) is 11.8 Å². The zero-order valence-corrected chi connectivity index (χ0v) is 19.3. The van der Waals surface area contributed by atoms with Crippen molar-refractivity contribution >= 4 is 35.0 Å². The van der Waals surface area contributed by atoms with Crippen LogP contribution in [0.2, 0.25) is 0 Å². The number of carbonyl (C=O) groups is 2. The average molecular weight is 467 g/mol. The Labute approximate surface area is 197 Å². The molecule has 0 saturated carbocycles. The number of hydrogen-bond donors (Lipinski definition) is 2. The minimum atomic E-state index is -0.259. The fraction of sp³-hybridized carbons (Fsp3) is 0.200. The van der Waals surface area contributed by atoms with Crippen LogP contribution >= 0.6 is 11.8 Å². The van der Waals surface area contributed by atoms with Crippen molar-refractivity contribution in [2.45, 2.75) is 0 Å². The van der Waals surface area contributed by atoms with Crippen LogP contribution in [0.4, 0.5) is 11.4 Å². The number of anilines is 2. The van der Waals surface area contributed by atoms with Crippen LogP contribution in [0.15, 0.2) is 72.8 Å². The van der Waals surface area contributed by atoms with E-state index < -0.39 is 0 Å². The number of amides is 2. The van der Waals surface area contributed by atoms with Crippen LogP contribution < -0.4 is 24.8 Å². The first-order valence-electron chi connectivity index (χ1n) is 10.3. The minimum Gasteiger partial charge on any atom is -0.497 e. The van der Waals surface area contributed by atoms with E-state index >= 15 is 0 Å². The van der Waals surface area contributed by atoms with Crippen LogP contribution in [0.25, 0.3) is 0 Å². The zero-order chi connectivity index (χ0) is 23.5. The van der Waals surface area contributed by atoms with Gasteiger partial charge in [-0.2, -0.15) is 0 Å². The molecule has 172 valence electrons. The second-order valence-electron chi connectivity index (χ2n) is 6.86. The SMILES string of the molecule is COc1ccc(OCCSCC(=O)Nc2ccc(C(=O)Nc3ccccc3OC)cc2)cc1. The molecule has 3 aromatic carbocycles. The van der Waals surface area contributed by atoms with Crippen LogP contribution in [0.3, 0.4) is 0 Å². The Kier molecular flexibility index (Phi) is 9.02. The molecule has 3 rings (SSSR count). The van der Waals surface area contributed by atoms with Crippen molar-refractivity contribution in [3.63, 3.8) is 0 Å². The van der Waals surface area contributed by atoms with Gasteiger partial charge in [0, 0.05) is 17.0 Å². The van der Waals surface area contributed by atoms with E-state index in [2.05, 4.69) is 10.6 Å². The molecule has 0 aromatic heterocycles. The van der Waals surface area contributed by atoms with E-state index in [1.54, 1.807) is 50.6 Å². The van der Waals surface area contributed by atoms with Gasteiger partial charge >= 0.3 is 0 Å². The molecule has 0 aliphatic carbocycles. The average Bonchev–Trinajstić information content (AvgIpc) is 2.85. The monoisotopic (exact) mass is 466 g/mol. The Bertz CT molecular complexity index is 1060. The summed E-state index contributed by atoms with van der Waals surface area (Å²) in [5.74, 6) is 2.74. The van der Waals surface area contributed by atoms with Gasteiger partial charge in [0.05, 0.1) is 32.3 Å². The molecule has 0 radical (unpaired) electrons. The summed E-state index contributed by atoms with van der Waals surface area (Å²) in [5, 5.41) is 5.65. The van der Waals surface area contributed by atoms with Crippen molar-refractivity contribution in [3.05, 3.63) is 78.4 Å². The highest BCUT2D eigenvalue weighted by atomic mass is 32.2. The van der Waals surface area contributed by atoms with Gasteiger partial charge in [-0.05, 0) is 60.7 Å². The molecule has 0 unspecified atom stereocenters. The van der Waals surface area contributed by atoms with Gasteiger partial charge in [-0.25, -0.2) is 0 Å². The third-order valence-corrected chi connectivity index (χ3v) is 5.50. The summed E-state index contributed by atoms with van der Waals surface area (Å²) in [4.78, 5) is 24.6. The Hall–Kier alpha value is -3.65. The van der Waals surface area contributed by atoms with Crippen LogP contribution in [0.1, 0.15) is 10.4 Å². The molecule has 0 bridgehead atoms. The molecule has 8 heteroatoms. The predicted octanol–water partition coefficient (Wildman–Crippen LogP) is 4.71. The minimum absolute atomic E-state index is 0.115. The number of rotatable bonds is 11. The van der Waals surface area contributed by atoms with Crippen molar-refractivity contribution < 1.29 is 23.8 Å². The summed E-state index contributed by atoms with van der Waals surface area (Å²) in [6.07, 6.45) is 0. The van der Waals surface area contributed by atoms with Crippen LogP contribution in [0.5, 0.6) is 17.2 Å². The molecule has 2 N–H and O–H groups in total. The van der Waals surface area contributed by atoms with E-state index in [9.17, 15) is 9.59 Å². The van der Waals surface area contributed by atoms with Gasteiger partial charge < -0.3 is 24.8 Å². The first-order chi connectivity index (χ1) is 16.1. The van der Waals surface area contributed by atoms with Crippen LogP contribution in [-0.2, 0) is 4.79 Å². The molecule has 0 saturated heterocycles. The lowest BCUT2D eigenvalue weighted by Crippen LogP contribution is -2.16. The molecule has 0 aliphatic rings. The summed E-state index contributed by atoms with van der Waals surface area (Å²) in [7, 11) is 3.17. The van der Waals surface area contributed by atoms with Gasteiger partial charge in [-0.1, -0.05) is 12.1 Å². The Morgan fingerprint density at radius 2 is 1.52 bits per heavy atom. The third-order valence-electron chi connectivity index (χ3n) is 4.58. The van der Waals surface area contributed by atoms with Gasteiger partial charge in [-0.3, -0.25) is 9.59 Å². The van der Waals surface area contributed by atoms with E-state index in [0.717, 1.165) is 11.5 Å². The largest absolute Gasteiger partial charge is 0.497 e. The molecule has 0 aliphatic heterocycles. The molecular weight excluding hydrogens is 440 g/mol. The maximum absolute atomic E-state index is 12.5. The van der Waals surface area contributed by atoms with Crippen LogP contribution in [0, 0.1) is 0 Å². The molecule has 7 nitrogen and oxygen atoms in total. The molecule has 3 aromatic rings. The van der Waals surface area contributed by atoms with Crippen molar-refractivity contribution in [1.29, 1.82) is 0 Å². The standard InChI is InChI=1S/C25H26N2O5S/c1-30-20-11-13-21(14-12-20)32-15-16-33-17-24(28)26-19-9-7-18(8-10-19)25(29)27-22-5-3-4-6-23(22)31-2/h3-14H,15-17H2,1-2H3,(H,26,28)(H,27,29). The fourth-order valence-electron chi connectivity index (χ4n) is 2.90. The Morgan fingerprint density at radius 1 is 0.818 bits per heavy atom. The highest BCUT2D eigenvalue weighted by molar-refractivity contribution is 7.99. The maximum atomic E-state index is 12.5. The summed E-state index contributed by atoms with van der Waals surface area (Å²) < 4.78 is 16.0. The normalized spacial score (nSPS) is 10.2.